The molecule has 0 amide bonds. The van der Waals surface area contributed by atoms with Gasteiger partial charge >= 0.3 is 6.18 Å². The highest BCUT2D eigenvalue weighted by molar-refractivity contribution is 5.88. The number of halogens is 3. The molecule has 5 nitrogen and oxygen atoms in total. The van der Waals surface area contributed by atoms with Crippen molar-refractivity contribution in [2.45, 2.75) is 46.0 Å². The summed E-state index contributed by atoms with van der Waals surface area (Å²) in [5, 5.41) is 3.81. The van der Waals surface area contributed by atoms with E-state index in [-0.39, 0.29) is 11.6 Å². The molecule has 0 aliphatic rings. The lowest BCUT2D eigenvalue weighted by molar-refractivity contribution is -0.137. The second kappa shape index (κ2) is 7.26. The van der Waals surface area contributed by atoms with Gasteiger partial charge in [0.2, 0.25) is 0 Å². The van der Waals surface area contributed by atoms with Crippen molar-refractivity contribution in [3.63, 3.8) is 0 Å². The molecular formula is C20H21F3N4O. The highest BCUT2D eigenvalue weighted by atomic mass is 19.4. The number of nitrogens with zero attached hydrogens (tertiary/aromatic N) is 3. The molecule has 1 atom stereocenters. The average Bonchev–Trinajstić information content (AvgIpc) is 2.60. The van der Waals surface area contributed by atoms with Crippen LogP contribution in [0.3, 0.4) is 0 Å². The van der Waals surface area contributed by atoms with Gasteiger partial charge in [0.1, 0.15) is 11.6 Å². The number of alkyl halides is 3. The molecule has 0 aliphatic heterocycles. The topological polar surface area (TPSA) is 59.8 Å². The molecule has 0 saturated carbocycles. The van der Waals surface area contributed by atoms with Crippen LogP contribution in [-0.4, -0.2) is 14.5 Å². The van der Waals surface area contributed by atoms with E-state index in [1.54, 1.807) is 30.7 Å². The lowest BCUT2D eigenvalue weighted by atomic mass is 10.0. The van der Waals surface area contributed by atoms with E-state index in [1.165, 1.54) is 12.1 Å². The first-order chi connectivity index (χ1) is 13.1. The van der Waals surface area contributed by atoms with Crippen molar-refractivity contribution in [3.8, 4) is 0 Å². The standard InChI is InChI=1S/C20H21F3N4O/c1-11(2)27-10-16-17(9-18(27)28)25-13(4)26-19(16)24-12(3)14-6-5-7-15(8-14)20(21,22)23/h5-12H,1-4H3,(H,24,25,26)/t12-/m1/s1. The maximum atomic E-state index is 13.0. The Kier molecular flexibility index (Phi) is 5.14. The third-order valence-corrected chi connectivity index (χ3v) is 4.49. The summed E-state index contributed by atoms with van der Waals surface area (Å²) >= 11 is 0. The van der Waals surface area contributed by atoms with Crippen molar-refractivity contribution in [2.75, 3.05) is 5.32 Å². The Balaban J connectivity index is 2.04. The number of fused-ring (bicyclic) bond motifs is 1. The van der Waals surface area contributed by atoms with Gasteiger partial charge < -0.3 is 9.88 Å². The van der Waals surface area contributed by atoms with Crippen LogP contribution in [0.1, 0.15) is 49.8 Å². The molecule has 0 saturated heterocycles. The van der Waals surface area contributed by atoms with Gasteiger partial charge in [0, 0.05) is 24.3 Å². The van der Waals surface area contributed by atoms with Crippen molar-refractivity contribution < 1.29 is 13.2 Å². The van der Waals surface area contributed by atoms with Crippen molar-refractivity contribution >= 4 is 16.7 Å². The van der Waals surface area contributed by atoms with Crippen LogP contribution in [0.15, 0.2) is 41.3 Å². The first-order valence-corrected chi connectivity index (χ1v) is 8.90. The Morgan fingerprint density at radius 2 is 1.82 bits per heavy atom. The van der Waals surface area contributed by atoms with Crippen LogP contribution in [0.4, 0.5) is 19.0 Å². The third-order valence-electron chi connectivity index (χ3n) is 4.49. The van der Waals surface area contributed by atoms with E-state index in [1.807, 2.05) is 13.8 Å². The molecule has 28 heavy (non-hydrogen) atoms. The Hall–Kier alpha value is -2.90. The fraction of sp³-hybridized carbons (Fsp3) is 0.350. The molecule has 3 aromatic rings. The summed E-state index contributed by atoms with van der Waals surface area (Å²) in [6.07, 6.45) is -2.72. The van der Waals surface area contributed by atoms with E-state index in [0.29, 0.717) is 28.1 Å². The summed E-state index contributed by atoms with van der Waals surface area (Å²) in [5.41, 5.74) is 0.109. The molecule has 0 radical (unpaired) electrons. The molecule has 8 heteroatoms. The molecule has 1 aromatic carbocycles. The minimum atomic E-state index is -4.40. The number of hydrogen-bond acceptors (Lipinski definition) is 4. The largest absolute Gasteiger partial charge is 0.416 e. The van der Waals surface area contributed by atoms with Crippen molar-refractivity contribution in [2.24, 2.45) is 0 Å². The smallest absolute Gasteiger partial charge is 0.363 e. The monoisotopic (exact) mass is 390 g/mol. The molecular weight excluding hydrogens is 369 g/mol. The predicted molar refractivity (Wildman–Crippen MR) is 102 cm³/mol. The van der Waals surface area contributed by atoms with E-state index in [0.717, 1.165) is 12.1 Å². The Morgan fingerprint density at radius 1 is 1.11 bits per heavy atom. The van der Waals surface area contributed by atoms with Gasteiger partial charge in [-0.25, -0.2) is 9.97 Å². The number of nitrogens with one attached hydrogen (secondary N) is 1. The van der Waals surface area contributed by atoms with Crippen LogP contribution in [0.5, 0.6) is 0 Å². The number of pyridine rings is 1. The second-order valence-electron chi connectivity index (χ2n) is 7.02. The van der Waals surface area contributed by atoms with E-state index >= 15 is 0 Å². The average molecular weight is 390 g/mol. The maximum Gasteiger partial charge on any atom is 0.416 e. The van der Waals surface area contributed by atoms with E-state index in [4.69, 9.17) is 0 Å². The molecule has 0 aliphatic carbocycles. The minimum absolute atomic E-state index is 0.0491. The van der Waals surface area contributed by atoms with Gasteiger partial charge in [-0.2, -0.15) is 13.2 Å². The molecule has 148 valence electrons. The van der Waals surface area contributed by atoms with Gasteiger partial charge in [-0.15, -0.1) is 0 Å². The zero-order chi connectivity index (χ0) is 20.6. The Bertz CT molecular complexity index is 1070. The highest BCUT2D eigenvalue weighted by Gasteiger charge is 2.30. The first kappa shape index (κ1) is 19.9. The van der Waals surface area contributed by atoms with Crippen LogP contribution in [0, 0.1) is 6.92 Å². The number of benzene rings is 1. The quantitative estimate of drug-likeness (QED) is 0.690. The van der Waals surface area contributed by atoms with Gasteiger partial charge in [-0.3, -0.25) is 4.79 Å². The number of anilines is 1. The van der Waals surface area contributed by atoms with E-state index in [9.17, 15) is 18.0 Å². The zero-order valence-corrected chi connectivity index (χ0v) is 16.0. The van der Waals surface area contributed by atoms with Crippen molar-refractivity contribution in [3.05, 3.63) is 63.8 Å². The van der Waals surface area contributed by atoms with Gasteiger partial charge in [0.25, 0.3) is 5.56 Å². The highest BCUT2D eigenvalue weighted by Crippen LogP contribution is 2.32. The van der Waals surface area contributed by atoms with Crippen LogP contribution < -0.4 is 10.9 Å². The molecule has 3 rings (SSSR count). The van der Waals surface area contributed by atoms with Gasteiger partial charge in [0.05, 0.1) is 16.5 Å². The molecule has 0 spiro atoms. The second-order valence-corrected chi connectivity index (χ2v) is 7.02. The summed E-state index contributed by atoms with van der Waals surface area (Å²) in [6, 6.07) is 6.15. The van der Waals surface area contributed by atoms with Crippen LogP contribution in [0.2, 0.25) is 0 Å². The molecule has 0 unspecified atom stereocenters. The van der Waals surface area contributed by atoms with Crippen LogP contribution >= 0.6 is 0 Å². The molecule has 2 aromatic heterocycles. The van der Waals surface area contributed by atoms with Crippen molar-refractivity contribution in [1.29, 1.82) is 0 Å². The summed E-state index contributed by atoms with van der Waals surface area (Å²) in [4.78, 5) is 21.0. The van der Waals surface area contributed by atoms with E-state index < -0.39 is 17.8 Å². The third kappa shape index (κ3) is 4.00. The first-order valence-electron chi connectivity index (χ1n) is 8.90. The maximum absolute atomic E-state index is 13.0. The van der Waals surface area contributed by atoms with Gasteiger partial charge in [-0.1, -0.05) is 12.1 Å². The fourth-order valence-corrected chi connectivity index (χ4v) is 3.02. The number of hydrogen-bond donors (Lipinski definition) is 1. The number of aromatic nitrogens is 3. The SMILES string of the molecule is Cc1nc(N[C@H](C)c2cccc(C(F)(F)F)c2)c2cn(C(C)C)c(=O)cc2n1. The molecule has 0 bridgehead atoms. The number of rotatable bonds is 4. The zero-order valence-electron chi connectivity index (χ0n) is 16.0. The Morgan fingerprint density at radius 3 is 2.46 bits per heavy atom. The van der Waals surface area contributed by atoms with Gasteiger partial charge in [-0.05, 0) is 45.4 Å². The van der Waals surface area contributed by atoms with Gasteiger partial charge in [0.15, 0.2) is 0 Å². The van der Waals surface area contributed by atoms with E-state index in [2.05, 4.69) is 15.3 Å². The normalized spacial score (nSPS) is 13.1. The molecule has 0 fully saturated rings. The molecule has 1 N–H and O–H groups in total. The van der Waals surface area contributed by atoms with Crippen LogP contribution in [-0.2, 0) is 6.18 Å². The summed E-state index contributed by atoms with van der Waals surface area (Å²) in [6.45, 7) is 7.24. The minimum Gasteiger partial charge on any atom is -0.363 e. The Labute approximate surface area is 160 Å². The lowest BCUT2D eigenvalue weighted by Gasteiger charge is -2.19. The fourth-order valence-electron chi connectivity index (χ4n) is 3.02. The van der Waals surface area contributed by atoms with Crippen LogP contribution in [0.25, 0.3) is 10.9 Å². The summed E-state index contributed by atoms with van der Waals surface area (Å²) in [7, 11) is 0. The van der Waals surface area contributed by atoms with Crippen molar-refractivity contribution in [1.82, 2.24) is 14.5 Å². The molecule has 2 heterocycles. The lowest BCUT2D eigenvalue weighted by Crippen LogP contribution is -2.21. The predicted octanol–water partition coefficient (Wildman–Crippen LogP) is 4.87. The number of aryl methyl sites for hydroxylation is 1. The summed E-state index contributed by atoms with van der Waals surface area (Å²) in [5.74, 6) is 0.940. The summed E-state index contributed by atoms with van der Waals surface area (Å²) < 4.78 is 40.6.